The van der Waals surface area contributed by atoms with Crippen molar-refractivity contribution in [2.75, 3.05) is 13.6 Å². The summed E-state index contributed by atoms with van der Waals surface area (Å²) in [5.41, 5.74) is 6.27. The van der Waals surface area contributed by atoms with Crippen LogP contribution in [-0.4, -0.2) is 41.3 Å². The second-order valence-electron chi connectivity index (χ2n) is 7.31. The van der Waals surface area contributed by atoms with Gasteiger partial charge in [0.2, 0.25) is 5.91 Å². The Morgan fingerprint density at radius 1 is 1.33 bits per heavy atom. The first kappa shape index (κ1) is 19.1. The molecule has 1 aromatic carbocycles. The van der Waals surface area contributed by atoms with Gasteiger partial charge in [-0.3, -0.25) is 14.4 Å². The maximum atomic E-state index is 12.9. The third-order valence-electron chi connectivity index (χ3n) is 5.68. The van der Waals surface area contributed by atoms with Gasteiger partial charge < -0.3 is 21.1 Å². The standard InChI is InChI=1S/C20H25N3O4/c1-22-17(25)16-9-20(19(21)27,15-6-3-7-15)12-23(18(16)26)10-13-4-2-5-14(8-13)11-24/h2,4-5,8-9,15,24H,3,6-7,10-12H2,1H3,(H2,21,27)(H,22,25). The van der Waals surface area contributed by atoms with E-state index in [0.717, 1.165) is 30.4 Å². The van der Waals surface area contributed by atoms with Gasteiger partial charge >= 0.3 is 0 Å². The quantitative estimate of drug-likeness (QED) is 0.631. The topological polar surface area (TPSA) is 113 Å². The molecule has 144 valence electrons. The molecular formula is C20H25N3O4. The van der Waals surface area contributed by atoms with Crippen LogP contribution in [0, 0.1) is 11.3 Å². The van der Waals surface area contributed by atoms with Gasteiger partial charge in [0.1, 0.15) is 5.57 Å². The first-order chi connectivity index (χ1) is 12.9. The second-order valence-corrected chi connectivity index (χ2v) is 7.31. The summed E-state index contributed by atoms with van der Waals surface area (Å²) in [6, 6.07) is 7.25. The van der Waals surface area contributed by atoms with E-state index >= 15 is 0 Å². The molecule has 3 rings (SSSR count). The lowest BCUT2D eigenvalue weighted by Gasteiger charge is -2.46. The van der Waals surface area contributed by atoms with E-state index in [9.17, 15) is 19.5 Å². The van der Waals surface area contributed by atoms with Crippen LogP contribution in [0.15, 0.2) is 35.9 Å². The summed E-state index contributed by atoms with van der Waals surface area (Å²) in [7, 11) is 1.45. The molecule has 1 aliphatic carbocycles. The highest BCUT2D eigenvalue weighted by molar-refractivity contribution is 6.19. The molecule has 0 spiro atoms. The van der Waals surface area contributed by atoms with Crippen molar-refractivity contribution in [2.24, 2.45) is 17.1 Å². The maximum Gasteiger partial charge on any atom is 0.259 e. The molecule has 1 atom stereocenters. The lowest BCUT2D eigenvalue weighted by atomic mass is 9.62. The van der Waals surface area contributed by atoms with E-state index in [-0.39, 0.29) is 31.2 Å². The first-order valence-electron chi connectivity index (χ1n) is 9.14. The molecule has 2 aliphatic rings. The van der Waals surface area contributed by atoms with Crippen molar-refractivity contribution < 1.29 is 19.5 Å². The molecule has 1 heterocycles. The molecule has 1 aromatic rings. The highest BCUT2D eigenvalue weighted by Crippen LogP contribution is 2.46. The average molecular weight is 371 g/mol. The summed E-state index contributed by atoms with van der Waals surface area (Å²) >= 11 is 0. The summed E-state index contributed by atoms with van der Waals surface area (Å²) in [5, 5.41) is 11.8. The summed E-state index contributed by atoms with van der Waals surface area (Å²) in [4.78, 5) is 39.2. The molecule has 3 amide bonds. The van der Waals surface area contributed by atoms with E-state index in [2.05, 4.69) is 5.32 Å². The van der Waals surface area contributed by atoms with Gasteiger partial charge in [-0.1, -0.05) is 30.7 Å². The number of rotatable bonds is 6. The van der Waals surface area contributed by atoms with Crippen LogP contribution in [0.3, 0.4) is 0 Å². The Balaban J connectivity index is 1.99. The monoisotopic (exact) mass is 371 g/mol. The summed E-state index contributed by atoms with van der Waals surface area (Å²) < 4.78 is 0. The number of primary amides is 1. The van der Waals surface area contributed by atoms with Crippen LogP contribution in [0.4, 0.5) is 0 Å². The SMILES string of the molecule is CNC(=O)C1=CC(C(N)=O)(C2CCC2)CN(Cc2cccc(CO)c2)C1=O. The lowest BCUT2D eigenvalue weighted by Crippen LogP contribution is -2.57. The number of amides is 3. The van der Waals surface area contributed by atoms with Crippen molar-refractivity contribution >= 4 is 17.7 Å². The van der Waals surface area contributed by atoms with Crippen LogP contribution in [0.1, 0.15) is 30.4 Å². The predicted octanol–water partition coefficient (Wildman–Crippen LogP) is 0.465. The highest BCUT2D eigenvalue weighted by atomic mass is 16.3. The molecule has 4 N–H and O–H groups in total. The van der Waals surface area contributed by atoms with E-state index in [1.54, 1.807) is 18.2 Å². The molecular weight excluding hydrogens is 346 g/mol. The minimum atomic E-state index is -1.03. The molecule has 27 heavy (non-hydrogen) atoms. The fourth-order valence-electron chi connectivity index (χ4n) is 3.92. The summed E-state index contributed by atoms with van der Waals surface area (Å²) in [6.07, 6.45) is 4.21. The van der Waals surface area contributed by atoms with Crippen molar-refractivity contribution in [3.63, 3.8) is 0 Å². The van der Waals surface area contributed by atoms with Gasteiger partial charge in [0.15, 0.2) is 0 Å². The zero-order chi connectivity index (χ0) is 19.6. The number of aliphatic hydroxyl groups excluding tert-OH is 1. The number of likely N-dealkylation sites (N-methyl/N-ethyl adjacent to an activating group) is 1. The molecule has 7 heteroatoms. The fraction of sp³-hybridized carbons (Fsp3) is 0.450. The normalized spacial score (nSPS) is 22.8. The largest absolute Gasteiger partial charge is 0.392 e. The van der Waals surface area contributed by atoms with Crippen molar-refractivity contribution in [2.45, 2.75) is 32.4 Å². The molecule has 1 saturated carbocycles. The third kappa shape index (κ3) is 3.47. The van der Waals surface area contributed by atoms with Crippen molar-refractivity contribution in [3.05, 3.63) is 47.0 Å². The number of carbonyl (C=O) groups excluding carboxylic acids is 3. The molecule has 1 fully saturated rings. The van der Waals surface area contributed by atoms with Crippen LogP contribution in [0.5, 0.6) is 0 Å². The van der Waals surface area contributed by atoms with Gasteiger partial charge in [-0.25, -0.2) is 0 Å². The zero-order valence-electron chi connectivity index (χ0n) is 15.4. The Morgan fingerprint density at radius 2 is 2.04 bits per heavy atom. The molecule has 0 saturated heterocycles. The molecule has 7 nitrogen and oxygen atoms in total. The van der Waals surface area contributed by atoms with Crippen LogP contribution >= 0.6 is 0 Å². The first-order valence-corrected chi connectivity index (χ1v) is 9.14. The number of aliphatic hydroxyl groups is 1. The minimum Gasteiger partial charge on any atom is -0.392 e. The average Bonchev–Trinajstić information content (AvgIpc) is 2.62. The van der Waals surface area contributed by atoms with Crippen LogP contribution < -0.4 is 11.1 Å². The molecule has 0 radical (unpaired) electrons. The third-order valence-corrected chi connectivity index (χ3v) is 5.68. The Bertz CT molecular complexity index is 800. The second kappa shape index (κ2) is 7.52. The number of hydrogen-bond acceptors (Lipinski definition) is 4. The Hall–Kier alpha value is -2.67. The number of nitrogens with two attached hydrogens (primary N) is 1. The van der Waals surface area contributed by atoms with E-state index in [1.807, 2.05) is 6.07 Å². The number of nitrogens with one attached hydrogen (secondary N) is 1. The summed E-state index contributed by atoms with van der Waals surface area (Å²) in [6.45, 7) is 0.302. The number of nitrogens with zero attached hydrogens (tertiary/aromatic N) is 1. The highest BCUT2D eigenvalue weighted by Gasteiger charge is 2.51. The number of benzene rings is 1. The van der Waals surface area contributed by atoms with Crippen molar-refractivity contribution in [1.82, 2.24) is 10.2 Å². The molecule has 0 aromatic heterocycles. The predicted molar refractivity (Wildman–Crippen MR) is 98.9 cm³/mol. The smallest absolute Gasteiger partial charge is 0.259 e. The van der Waals surface area contributed by atoms with Crippen LogP contribution in [0.2, 0.25) is 0 Å². The zero-order valence-corrected chi connectivity index (χ0v) is 15.4. The molecule has 0 bridgehead atoms. The van der Waals surface area contributed by atoms with Crippen LogP contribution in [0.25, 0.3) is 0 Å². The van der Waals surface area contributed by atoms with E-state index in [1.165, 1.54) is 18.0 Å². The van der Waals surface area contributed by atoms with E-state index in [0.29, 0.717) is 0 Å². The van der Waals surface area contributed by atoms with Crippen molar-refractivity contribution in [1.29, 1.82) is 0 Å². The Labute approximate surface area is 158 Å². The van der Waals surface area contributed by atoms with Gasteiger partial charge in [-0.2, -0.15) is 0 Å². The van der Waals surface area contributed by atoms with E-state index < -0.39 is 23.1 Å². The van der Waals surface area contributed by atoms with Gasteiger partial charge in [-0.15, -0.1) is 0 Å². The van der Waals surface area contributed by atoms with Gasteiger partial charge in [0.05, 0.1) is 12.0 Å². The van der Waals surface area contributed by atoms with Gasteiger partial charge in [0, 0.05) is 20.1 Å². The van der Waals surface area contributed by atoms with Gasteiger partial charge in [0.25, 0.3) is 11.8 Å². The van der Waals surface area contributed by atoms with Crippen molar-refractivity contribution in [3.8, 4) is 0 Å². The van der Waals surface area contributed by atoms with Gasteiger partial charge in [-0.05, 0) is 36.0 Å². The van der Waals surface area contributed by atoms with E-state index in [4.69, 9.17) is 5.73 Å². The Kier molecular flexibility index (Phi) is 5.32. The number of hydrogen-bond donors (Lipinski definition) is 3. The molecule has 1 unspecified atom stereocenters. The maximum absolute atomic E-state index is 12.9. The molecule has 1 aliphatic heterocycles. The lowest BCUT2D eigenvalue weighted by molar-refractivity contribution is -0.139. The minimum absolute atomic E-state index is 0.0345. The summed E-state index contributed by atoms with van der Waals surface area (Å²) in [5.74, 6) is -1.40. The Morgan fingerprint density at radius 3 is 2.59 bits per heavy atom. The number of carbonyl (C=O) groups is 3. The fourth-order valence-corrected chi connectivity index (χ4v) is 3.92. The van der Waals surface area contributed by atoms with Crippen LogP contribution in [-0.2, 0) is 27.5 Å².